The van der Waals surface area contributed by atoms with E-state index in [-0.39, 0.29) is 5.75 Å². The van der Waals surface area contributed by atoms with E-state index in [2.05, 4.69) is 30.3 Å². The molecule has 0 bridgehead atoms. The molecule has 25 heavy (non-hydrogen) atoms. The minimum Gasteiger partial charge on any atom is -0.508 e. The number of hydrogen-bond acceptors (Lipinski definition) is 2. The standard InChI is InChI=1S/C23H18O2/c24-20-12-13-23-18(14-20)9-5-11-22(23)19-8-4-10-21(15-19)25-16-17-6-2-1-3-7-17/h1-15,24H,16H2. The van der Waals surface area contributed by atoms with Crippen molar-refractivity contribution in [2.45, 2.75) is 6.61 Å². The van der Waals surface area contributed by atoms with Crippen molar-refractivity contribution in [3.63, 3.8) is 0 Å². The minimum atomic E-state index is 0.282. The number of hydrogen-bond donors (Lipinski definition) is 1. The molecule has 0 fully saturated rings. The van der Waals surface area contributed by atoms with Crippen molar-refractivity contribution in [3.05, 3.63) is 96.6 Å². The SMILES string of the molecule is Oc1ccc2c(-c3cccc(OCc4ccccc4)c3)cccc2c1. The maximum atomic E-state index is 9.69. The van der Waals surface area contributed by atoms with Crippen LogP contribution >= 0.6 is 0 Å². The van der Waals surface area contributed by atoms with E-state index in [0.29, 0.717) is 6.61 Å². The molecule has 0 aliphatic rings. The van der Waals surface area contributed by atoms with Crippen LogP contribution in [0.1, 0.15) is 5.56 Å². The third-order valence-corrected chi connectivity index (χ3v) is 4.26. The second-order valence-electron chi connectivity index (χ2n) is 6.01. The summed E-state index contributed by atoms with van der Waals surface area (Å²) in [5.41, 5.74) is 3.37. The normalized spacial score (nSPS) is 10.7. The lowest BCUT2D eigenvalue weighted by atomic mass is 9.98. The Morgan fingerprint density at radius 2 is 1.56 bits per heavy atom. The Balaban J connectivity index is 1.65. The Morgan fingerprint density at radius 3 is 2.44 bits per heavy atom. The van der Waals surface area contributed by atoms with E-state index < -0.39 is 0 Å². The molecule has 4 aromatic rings. The van der Waals surface area contributed by atoms with Gasteiger partial charge < -0.3 is 9.84 Å². The van der Waals surface area contributed by atoms with E-state index in [1.165, 1.54) is 0 Å². The van der Waals surface area contributed by atoms with Gasteiger partial charge in [-0.3, -0.25) is 0 Å². The number of rotatable bonds is 4. The van der Waals surface area contributed by atoms with Gasteiger partial charge in [-0.15, -0.1) is 0 Å². The van der Waals surface area contributed by atoms with E-state index in [1.54, 1.807) is 12.1 Å². The van der Waals surface area contributed by atoms with Gasteiger partial charge in [0.1, 0.15) is 18.1 Å². The number of phenols is 1. The van der Waals surface area contributed by atoms with Crippen molar-refractivity contribution in [3.8, 4) is 22.6 Å². The molecule has 0 unspecified atom stereocenters. The summed E-state index contributed by atoms with van der Waals surface area (Å²) in [5, 5.41) is 11.8. The van der Waals surface area contributed by atoms with Crippen LogP contribution in [0.5, 0.6) is 11.5 Å². The Morgan fingerprint density at radius 1 is 0.720 bits per heavy atom. The summed E-state index contributed by atoms with van der Waals surface area (Å²) in [7, 11) is 0. The highest BCUT2D eigenvalue weighted by atomic mass is 16.5. The van der Waals surface area contributed by atoms with Gasteiger partial charge in [-0.05, 0) is 51.7 Å². The zero-order valence-corrected chi connectivity index (χ0v) is 13.7. The molecule has 0 heterocycles. The summed E-state index contributed by atoms with van der Waals surface area (Å²) in [4.78, 5) is 0. The average molecular weight is 326 g/mol. The Kier molecular flexibility index (Phi) is 4.09. The van der Waals surface area contributed by atoms with Crippen molar-refractivity contribution in [1.82, 2.24) is 0 Å². The lowest BCUT2D eigenvalue weighted by Crippen LogP contribution is -1.95. The number of phenolic OH excluding ortho intramolecular Hbond substituents is 1. The van der Waals surface area contributed by atoms with E-state index in [0.717, 1.165) is 33.2 Å². The van der Waals surface area contributed by atoms with Gasteiger partial charge in [-0.1, -0.05) is 66.7 Å². The number of aromatic hydroxyl groups is 1. The van der Waals surface area contributed by atoms with Gasteiger partial charge in [-0.25, -0.2) is 0 Å². The molecule has 0 atom stereocenters. The number of benzene rings is 4. The highest BCUT2D eigenvalue weighted by Gasteiger charge is 2.06. The molecule has 0 radical (unpaired) electrons. The van der Waals surface area contributed by atoms with Crippen LogP contribution in [0.3, 0.4) is 0 Å². The largest absolute Gasteiger partial charge is 0.508 e. The zero-order chi connectivity index (χ0) is 17.1. The van der Waals surface area contributed by atoms with Gasteiger partial charge in [0.2, 0.25) is 0 Å². The molecule has 0 aromatic heterocycles. The third kappa shape index (κ3) is 3.33. The molecule has 0 amide bonds. The predicted octanol–water partition coefficient (Wildman–Crippen LogP) is 5.79. The smallest absolute Gasteiger partial charge is 0.120 e. The molecular formula is C23H18O2. The van der Waals surface area contributed by atoms with Gasteiger partial charge in [0.15, 0.2) is 0 Å². The number of fused-ring (bicyclic) bond motifs is 1. The van der Waals surface area contributed by atoms with Gasteiger partial charge in [0, 0.05) is 0 Å². The molecular weight excluding hydrogens is 308 g/mol. The number of ether oxygens (including phenoxy) is 1. The van der Waals surface area contributed by atoms with Crippen LogP contribution in [-0.4, -0.2) is 5.11 Å². The summed E-state index contributed by atoms with van der Waals surface area (Å²) >= 11 is 0. The second kappa shape index (κ2) is 6.70. The molecule has 0 saturated heterocycles. The third-order valence-electron chi connectivity index (χ3n) is 4.26. The first-order valence-corrected chi connectivity index (χ1v) is 8.28. The first-order chi connectivity index (χ1) is 12.3. The lowest BCUT2D eigenvalue weighted by Gasteiger charge is -2.10. The maximum Gasteiger partial charge on any atom is 0.120 e. The van der Waals surface area contributed by atoms with Crippen LogP contribution in [0, 0.1) is 0 Å². The van der Waals surface area contributed by atoms with E-state index in [9.17, 15) is 5.11 Å². The van der Waals surface area contributed by atoms with Gasteiger partial charge >= 0.3 is 0 Å². The predicted molar refractivity (Wildman–Crippen MR) is 102 cm³/mol. The Hall–Kier alpha value is -3.26. The fourth-order valence-corrected chi connectivity index (χ4v) is 3.02. The fraction of sp³-hybridized carbons (Fsp3) is 0.0435. The Labute approximate surface area is 146 Å². The monoisotopic (exact) mass is 326 g/mol. The lowest BCUT2D eigenvalue weighted by molar-refractivity contribution is 0.306. The van der Waals surface area contributed by atoms with Crippen molar-refractivity contribution in [1.29, 1.82) is 0 Å². The van der Waals surface area contributed by atoms with Crippen molar-refractivity contribution >= 4 is 10.8 Å². The zero-order valence-electron chi connectivity index (χ0n) is 13.7. The molecule has 122 valence electrons. The first kappa shape index (κ1) is 15.3. The van der Waals surface area contributed by atoms with Crippen LogP contribution in [0.25, 0.3) is 21.9 Å². The topological polar surface area (TPSA) is 29.5 Å². The van der Waals surface area contributed by atoms with Crippen molar-refractivity contribution in [2.75, 3.05) is 0 Å². The van der Waals surface area contributed by atoms with E-state index >= 15 is 0 Å². The van der Waals surface area contributed by atoms with Crippen LogP contribution in [0.4, 0.5) is 0 Å². The molecule has 4 aromatic carbocycles. The molecule has 2 heteroatoms. The summed E-state index contributed by atoms with van der Waals surface area (Å²) in [5.74, 6) is 1.13. The van der Waals surface area contributed by atoms with Crippen molar-refractivity contribution in [2.24, 2.45) is 0 Å². The summed E-state index contributed by atoms with van der Waals surface area (Å²) in [6.45, 7) is 0.549. The highest BCUT2D eigenvalue weighted by Crippen LogP contribution is 2.32. The van der Waals surface area contributed by atoms with E-state index in [1.807, 2.05) is 48.5 Å². The molecule has 0 aliphatic carbocycles. The van der Waals surface area contributed by atoms with Crippen molar-refractivity contribution < 1.29 is 9.84 Å². The van der Waals surface area contributed by atoms with Gasteiger partial charge in [-0.2, -0.15) is 0 Å². The highest BCUT2D eigenvalue weighted by molar-refractivity contribution is 5.97. The summed E-state index contributed by atoms with van der Waals surface area (Å²) < 4.78 is 5.95. The van der Waals surface area contributed by atoms with Crippen LogP contribution in [0.2, 0.25) is 0 Å². The molecule has 2 nitrogen and oxygen atoms in total. The van der Waals surface area contributed by atoms with Crippen LogP contribution in [-0.2, 0) is 6.61 Å². The molecule has 0 spiro atoms. The first-order valence-electron chi connectivity index (χ1n) is 8.28. The second-order valence-corrected chi connectivity index (χ2v) is 6.01. The minimum absolute atomic E-state index is 0.282. The molecule has 0 saturated carbocycles. The average Bonchev–Trinajstić information content (AvgIpc) is 2.67. The maximum absolute atomic E-state index is 9.69. The van der Waals surface area contributed by atoms with Gasteiger partial charge in [0.25, 0.3) is 0 Å². The van der Waals surface area contributed by atoms with Crippen LogP contribution in [0.15, 0.2) is 91.0 Å². The molecule has 0 aliphatic heterocycles. The van der Waals surface area contributed by atoms with Gasteiger partial charge in [0.05, 0.1) is 0 Å². The van der Waals surface area contributed by atoms with E-state index in [4.69, 9.17) is 4.74 Å². The fourth-order valence-electron chi connectivity index (χ4n) is 3.02. The quantitative estimate of drug-likeness (QED) is 0.514. The summed E-state index contributed by atoms with van der Waals surface area (Å²) in [6.07, 6.45) is 0. The van der Waals surface area contributed by atoms with Crippen LogP contribution < -0.4 is 4.74 Å². The molecule has 4 rings (SSSR count). The summed E-state index contributed by atoms with van der Waals surface area (Å²) in [6, 6.07) is 29.8. The Bertz CT molecular complexity index is 1010. The molecule has 1 N–H and O–H groups in total.